The predicted molar refractivity (Wildman–Crippen MR) is 121 cm³/mol. The molecule has 1 aliphatic rings. The van der Waals surface area contributed by atoms with E-state index in [-0.39, 0.29) is 5.95 Å². The molecule has 0 saturated heterocycles. The van der Waals surface area contributed by atoms with Crippen LogP contribution in [0.3, 0.4) is 0 Å². The van der Waals surface area contributed by atoms with Crippen LogP contribution in [0.2, 0.25) is 5.02 Å². The molecule has 0 saturated carbocycles. The number of para-hydroxylation sites is 1. The number of hydrogen-bond acceptors (Lipinski definition) is 5. The van der Waals surface area contributed by atoms with Crippen molar-refractivity contribution in [2.75, 3.05) is 17.2 Å². The first-order chi connectivity index (χ1) is 14.6. The number of nitrogen functional groups attached to an aromatic ring is 1. The first-order valence-corrected chi connectivity index (χ1v) is 10.5. The fourth-order valence-corrected chi connectivity index (χ4v) is 4.57. The van der Waals surface area contributed by atoms with Crippen molar-refractivity contribution in [2.24, 2.45) is 5.92 Å². The summed E-state index contributed by atoms with van der Waals surface area (Å²) < 4.78 is 0. The highest BCUT2D eigenvalue weighted by Gasteiger charge is 2.26. The SMILES string of the molecule is Cc1ccc(CN2CC(Cc3nc(N)nc4[nH]ncc34)Cc3ccccc32)cc1Cl. The zero-order valence-electron chi connectivity index (χ0n) is 16.8. The molecule has 1 atom stereocenters. The summed E-state index contributed by atoms with van der Waals surface area (Å²) in [4.78, 5) is 11.2. The highest BCUT2D eigenvalue weighted by Crippen LogP contribution is 2.33. The maximum absolute atomic E-state index is 6.37. The molecule has 4 aromatic rings. The Hall–Kier alpha value is -3.12. The number of benzene rings is 2. The number of aromatic amines is 1. The minimum absolute atomic E-state index is 0.282. The molecule has 0 amide bonds. The Labute approximate surface area is 180 Å². The van der Waals surface area contributed by atoms with Gasteiger partial charge in [0.25, 0.3) is 0 Å². The fourth-order valence-electron chi connectivity index (χ4n) is 4.36. The zero-order chi connectivity index (χ0) is 20.7. The summed E-state index contributed by atoms with van der Waals surface area (Å²) >= 11 is 6.37. The molecule has 3 N–H and O–H groups in total. The van der Waals surface area contributed by atoms with Crippen molar-refractivity contribution in [3.63, 3.8) is 0 Å². The van der Waals surface area contributed by atoms with E-state index in [1.165, 1.54) is 16.8 Å². The van der Waals surface area contributed by atoms with Gasteiger partial charge in [0, 0.05) is 23.8 Å². The summed E-state index contributed by atoms with van der Waals surface area (Å²) in [6.45, 7) is 3.79. The van der Waals surface area contributed by atoms with Crippen LogP contribution >= 0.6 is 11.6 Å². The number of nitrogens with zero attached hydrogens (tertiary/aromatic N) is 4. The van der Waals surface area contributed by atoms with Gasteiger partial charge in [0.2, 0.25) is 5.95 Å². The van der Waals surface area contributed by atoms with Crippen LogP contribution in [-0.2, 0) is 19.4 Å². The summed E-state index contributed by atoms with van der Waals surface area (Å²) in [7, 11) is 0. The molecule has 1 aliphatic heterocycles. The Bertz CT molecular complexity index is 1220. The number of H-pyrrole nitrogens is 1. The van der Waals surface area contributed by atoms with Crippen molar-refractivity contribution in [2.45, 2.75) is 26.3 Å². The number of nitrogens with two attached hydrogens (primary N) is 1. The number of aromatic nitrogens is 4. The molecule has 7 heteroatoms. The summed E-state index contributed by atoms with van der Waals surface area (Å²) in [6, 6.07) is 15.0. The van der Waals surface area contributed by atoms with Gasteiger partial charge in [-0.05, 0) is 54.5 Å². The monoisotopic (exact) mass is 418 g/mol. The largest absolute Gasteiger partial charge is 0.368 e. The lowest BCUT2D eigenvalue weighted by Crippen LogP contribution is -2.36. The van der Waals surface area contributed by atoms with Crippen LogP contribution in [0.1, 0.15) is 22.4 Å². The van der Waals surface area contributed by atoms with E-state index in [1.54, 1.807) is 6.20 Å². The average Bonchev–Trinajstić information content (AvgIpc) is 3.19. The average molecular weight is 419 g/mol. The third-order valence-electron chi connectivity index (χ3n) is 5.82. The maximum atomic E-state index is 6.37. The molecule has 0 radical (unpaired) electrons. The first-order valence-electron chi connectivity index (χ1n) is 10.1. The second kappa shape index (κ2) is 7.61. The molecule has 30 heavy (non-hydrogen) atoms. The second-order valence-corrected chi connectivity index (χ2v) is 8.44. The van der Waals surface area contributed by atoms with Gasteiger partial charge >= 0.3 is 0 Å². The normalized spacial score (nSPS) is 16.1. The predicted octanol–water partition coefficient (Wildman–Crippen LogP) is 4.32. The van der Waals surface area contributed by atoms with Gasteiger partial charge in [-0.1, -0.05) is 41.9 Å². The third kappa shape index (κ3) is 3.59. The molecule has 0 bridgehead atoms. The number of anilines is 2. The van der Waals surface area contributed by atoms with Gasteiger partial charge < -0.3 is 10.6 Å². The van der Waals surface area contributed by atoms with E-state index in [2.05, 4.69) is 67.5 Å². The van der Waals surface area contributed by atoms with Gasteiger partial charge in [-0.3, -0.25) is 5.10 Å². The van der Waals surface area contributed by atoms with Crippen LogP contribution in [0.4, 0.5) is 11.6 Å². The van der Waals surface area contributed by atoms with Crippen molar-refractivity contribution >= 4 is 34.3 Å². The molecular weight excluding hydrogens is 396 g/mol. The van der Waals surface area contributed by atoms with Crippen molar-refractivity contribution in [3.8, 4) is 0 Å². The van der Waals surface area contributed by atoms with E-state index >= 15 is 0 Å². The van der Waals surface area contributed by atoms with E-state index in [4.69, 9.17) is 17.3 Å². The third-order valence-corrected chi connectivity index (χ3v) is 6.22. The molecule has 0 aliphatic carbocycles. The molecule has 0 spiro atoms. The lowest BCUT2D eigenvalue weighted by Gasteiger charge is -2.36. The van der Waals surface area contributed by atoms with Crippen LogP contribution in [0.25, 0.3) is 11.0 Å². The molecule has 6 nitrogen and oxygen atoms in total. The van der Waals surface area contributed by atoms with E-state index in [9.17, 15) is 0 Å². The lowest BCUT2D eigenvalue weighted by molar-refractivity contribution is 0.482. The molecule has 1 unspecified atom stereocenters. The van der Waals surface area contributed by atoms with E-state index < -0.39 is 0 Å². The van der Waals surface area contributed by atoms with Crippen LogP contribution < -0.4 is 10.6 Å². The molecule has 2 aromatic heterocycles. The Kier molecular flexibility index (Phi) is 4.79. The highest BCUT2D eigenvalue weighted by atomic mass is 35.5. The second-order valence-electron chi connectivity index (χ2n) is 8.03. The Morgan fingerprint density at radius 1 is 1.20 bits per heavy atom. The van der Waals surface area contributed by atoms with E-state index in [0.717, 1.165) is 47.6 Å². The van der Waals surface area contributed by atoms with Crippen molar-refractivity contribution in [3.05, 3.63) is 76.1 Å². The number of rotatable bonds is 4. The Morgan fingerprint density at radius 2 is 2.07 bits per heavy atom. The first kappa shape index (κ1) is 18.9. The standard InChI is InChI=1S/C23H23ClN6/c1-14-6-7-15(9-19(14)24)12-30-13-16(8-17-4-2-3-5-21(17)30)10-20-18-11-26-29-22(18)28-23(25)27-20/h2-7,9,11,16H,8,10,12-13H2,1H3,(H3,25,26,27,28,29). The minimum atomic E-state index is 0.282. The van der Waals surface area contributed by atoms with Crippen molar-refractivity contribution in [1.29, 1.82) is 0 Å². The number of halogens is 1. The van der Waals surface area contributed by atoms with Crippen molar-refractivity contribution < 1.29 is 0 Å². The van der Waals surface area contributed by atoms with Crippen molar-refractivity contribution in [1.82, 2.24) is 20.2 Å². The van der Waals surface area contributed by atoms with Crippen LogP contribution in [0, 0.1) is 12.8 Å². The fraction of sp³-hybridized carbons (Fsp3) is 0.261. The smallest absolute Gasteiger partial charge is 0.222 e. The number of fused-ring (bicyclic) bond motifs is 2. The van der Waals surface area contributed by atoms with Crippen LogP contribution in [0.15, 0.2) is 48.7 Å². The van der Waals surface area contributed by atoms with Gasteiger partial charge in [0.05, 0.1) is 17.3 Å². The minimum Gasteiger partial charge on any atom is -0.368 e. The highest BCUT2D eigenvalue weighted by molar-refractivity contribution is 6.31. The van der Waals surface area contributed by atoms with E-state index in [0.29, 0.717) is 11.6 Å². The number of nitrogens with one attached hydrogen (secondary N) is 1. The molecule has 152 valence electrons. The van der Waals surface area contributed by atoms with Gasteiger partial charge in [-0.15, -0.1) is 0 Å². The molecule has 2 aromatic carbocycles. The molecular formula is C23H23ClN6. The maximum Gasteiger partial charge on any atom is 0.222 e. The number of hydrogen-bond donors (Lipinski definition) is 2. The molecule has 0 fully saturated rings. The summed E-state index contributed by atoms with van der Waals surface area (Å²) in [5.74, 6) is 0.692. The van der Waals surface area contributed by atoms with Gasteiger partial charge in [-0.25, -0.2) is 4.98 Å². The van der Waals surface area contributed by atoms with Gasteiger partial charge in [-0.2, -0.15) is 10.1 Å². The summed E-state index contributed by atoms with van der Waals surface area (Å²) in [5, 5.41) is 8.77. The van der Waals surface area contributed by atoms with Crippen LogP contribution in [0.5, 0.6) is 0 Å². The van der Waals surface area contributed by atoms with Crippen LogP contribution in [-0.4, -0.2) is 26.7 Å². The number of aryl methyl sites for hydroxylation is 1. The van der Waals surface area contributed by atoms with E-state index in [1.807, 2.05) is 6.92 Å². The topological polar surface area (TPSA) is 83.7 Å². The Morgan fingerprint density at radius 3 is 2.93 bits per heavy atom. The molecule has 5 rings (SSSR count). The molecule has 3 heterocycles. The van der Waals surface area contributed by atoms with Gasteiger partial charge in [0.15, 0.2) is 5.65 Å². The zero-order valence-corrected chi connectivity index (χ0v) is 17.5. The summed E-state index contributed by atoms with van der Waals surface area (Å²) in [6.07, 6.45) is 3.61. The quantitative estimate of drug-likeness (QED) is 0.515. The lowest BCUT2D eigenvalue weighted by atomic mass is 9.88. The summed E-state index contributed by atoms with van der Waals surface area (Å²) in [5.41, 5.74) is 12.5. The van der Waals surface area contributed by atoms with Gasteiger partial charge in [0.1, 0.15) is 0 Å². The Balaban J connectivity index is 1.45.